The van der Waals surface area contributed by atoms with Gasteiger partial charge in [0.05, 0.1) is 11.4 Å². The molecular formula is C18H18N2O. The van der Waals surface area contributed by atoms with Crippen molar-refractivity contribution in [3.63, 3.8) is 0 Å². The SMILES string of the molecule is Oc1ccccc1.c1ccc(NNc2ccccc2)cc1. The molecule has 3 aromatic carbocycles. The van der Waals surface area contributed by atoms with E-state index in [9.17, 15) is 0 Å². The minimum absolute atomic E-state index is 0.322. The number of hydrogen-bond donors (Lipinski definition) is 3. The molecular weight excluding hydrogens is 260 g/mol. The highest BCUT2D eigenvalue weighted by atomic mass is 16.3. The van der Waals surface area contributed by atoms with E-state index >= 15 is 0 Å². The lowest BCUT2D eigenvalue weighted by Crippen LogP contribution is -2.07. The first-order valence-corrected chi connectivity index (χ1v) is 6.71. The van der Waals surface area contributed by atoms with Crippen molar-refractivity contribution in [3.05, 3.63) is 91.0 Å². The molecule has 21 heavy (non-hydrogen) atoms. The van der Waals surface area contributed by atoms with E-state index in [0.29, 0.717) is 5.75 Å². The second-order valence-corrected chi connectivity index (χ2v) is 4.32. The van der Waals surface area contributed by atoms with Crippen LogP contribution in [0.3, 0.4) is 0 Å². The average Bonchev–Trinajstić information content (AvgIpc) is 2.56. The van der Waals surface area contributed by atoms with Gasteiger partial charge in [-0.25, -0.2) is 0 Å². The molecule has 0 aliphatic rings. The number of phenolic OH excluding ortho intramolecular Hbond substituents is 1. The van der Waals surface area contributed by atoms with Crippen molar-refractivity contribution in [1.82, 2.24) is 0 Å². The van der Waals surface area contributed by atoms with Gasteiger partial charge in [0.2, 0.25) is 0 Å². The predicted octanol–water partition coefficient (Wildman–Crippen LogP) is 4.52. The van der Waals surface area contributed by atoms with Gasteiger partial charge in [-0.15, -0.1) is 0 Å². The van der Waals surface area contributed by atoms with Crippen LogP contribution in [-0.2, 0) is 0 Å². The number of aromatic hydroxyl groups is 1. The third-order valence-electron chi connectivity index (χ3n) is 2.65. The topological polar surface area (TPSA) is 44.3 Å². The molecule has 0 bridgehead atoms. The van der Waals surface area contributed by atoms with Crippen LogP contribution in [-0.4, -0.2) is 5.11 Å². The molecule has 3 N–H and O–H groups in total. The Morgan fingerprint density at radius 1 is 0.476 bits per heavy atom. The Balaban J connectivity index is 0.000000194. The molecule has 0 amide bonds. The zero-order valence-corrected chi connectivity index (χ0v) is 11.6. The summed E-state index contributed by atoms with van der Waals surface area (Å²) in [6, 6.07) is 28.7. The molecule has 0 unspecified atom stereocenters. The van der Waals surface area contributed by atoms with Gasteiger partial charge >= 0.3 is 0 Å². The lowest BCUT2D eigenvalue weighted by Gasteiger charge is -2.08. The molecule has 3 nitrogen and oxygen atoms in total. The van der Waals surface area contributed by atoms with Crippen LogP contribution >= 0.6 is 0 Å². The van der Waals surface area contributed by atoms with Crippen molar-refractivity contribution >= 4 is 11.4 Å². The Labute approximate surface area is 124 Å². The monoisotopic (exact) mass is 278 g/mol. The first kappa shape index (κ1) is 14.5. The highest BCUT2D eigenvalue weighted by molar-refractivity contribution is 5.51. The van der Waals surface area contributed by atoms with Crippen molar-refractivity contribution in [2.75, 3.05) is 10.9 Å². The standard InChI is InChI=1S/C12H12N2.C6H6O/c1-3-7-11(8-4-1)13-14-12-9-5-2-6-10-12;7-6-4-2-1-3-5-6/h1-10,13-14H;1-5,7H. The Bertz CT molecular complexity index is 573. The molecule has 3 heteroatoms. The summed E-state index contributed by atoms with van der Waals surface area (Å²) < 4.78 is 0. The maximum atomic E-state index is 8.63. The number of hydrazine groups is 1. The van der Waals surface area contributed by atoms with Crippen LogP contribution in [0.1, 0.15) is 0 Å². The highest BCUT2D eigenvalue weighted by Crippen LogP contribution is 2.08. The van der Waals surface area contributed by atoms with E-state index in [1.54, 1.807) is 24.3 Å². The molecule has 0 aromatic heterocycles. The predicted molar refractivity (Wildman–Crippen MR) is 88.2 cm³/mol. The minimum atomic E-state index is 0.322. The smallest absolute Gasteiger partial charge is 0.115 e. The molecule has 0 atom stereocenters. The van der Waals surface area contributed by atoms with Crippen molar-refractivity contribution < 1.29 is 5.11 Å². The van der Waals surface area contributed by atoms with Gasteiger partial charge in [0.1, 0.15) is 5.75 Å². The molecule has 0 saturated carbocycles. The van der Waals surface area contributed by atoms with Crippen molar-refractivity contribution in [1.29, 1.82) is 0 Å². The van der Waals surface area contributed by atoms with E-state index in [-0.39, 0.29) is 0 Å². The summed E-state index contributed by atoms with van der Waals surface area (Å²) in [6.07, 6.45) is 0. The summed E-state index contributed by atoms with van der Waals surface area (Å²) in [5.41, 5.74) is 8.33. The van der Waals surface area contributed by atoms with E-state index < -0.39 is 0 Å². The largest absolute Gasteiger partial charge is 0.508 e. The van der Waals surface area contributed by atoms with E-state index in [2.05, 4.69) is 10.9 Å². The van der Waals surface area contributed by atoms with E-state index in [1.807, 2.05) is 66.7 Å². The molecule has 0 heterocycles. The van der Waals surface area contributed by atoms with E-state index in [4.69, 9.17) is 5.11 Å². The van der Waals surface area contributed by atoms with Crippen LogP contribution < -0.4 is 10.9 Å². The fraction of sp³-hybridized carbons (Fsp3) is 0. The number of hydrogen-bond acceptors (Lipinski definition) is 3. The van der Waals surface area contributed by atoms with Gasteiger partial charge in [-0.3, -0.25) is 0 Å². The second-order valence-electron chi connectivity index (χ2n) is 4.32. The number of anilines is 2. The van der Waals surface area contributed by atoms with Crippen LogP contribution in [0.25, 0.3) is 0 Å². The van der Waals surface area contributed by atoms with Gasteiger partial charge in [-0.1, -0.05) is 54.6 Å². The summed E-state index contributed by atoms with van der Waals surface area (Å²) in [6.45, 7) is 0. The molecule has 3 rings (SSSR count). The molecule has 0 aliphatic heterocycles. The first-order chi connectivity index (χ1) is 10.3. The van der Waals surface area contributed by atoms with Crippen molar-refractivity contribution in [3.8, 4) is 5.75 Å². The molecule has 0 fully saturated rings. The third kappa shape index (κ3) is 5.70. The van der Waals surface area contributed by atoms with Gasteiger partial charge in [-0.2, -0.15) is 0 Å². The number of phenols is 1. The number of rotatable bonds is 3. The Hall–Kier alpha value is -2.94. The highest BCUT2D eigenvalue weighted by Gasteiger charge is 1.88. The first-order valence-electron chi connectivity index (χ1n) is 6.71. The minimum Gasteiger partial charge on any atom is -0.508 e. The van der Waals surface area contributed by atoms with Crippen LogP contribution in [0.2, 0.25) is 0 Å². The van der Waals surface area contributed by atoms with Gasteiger partial charge in [-0.05, 0) is 36.4 Å². The third-order valence-corrected chi connectivity index (χ3v) is 2.65. The zero-order chi connectivity index (χ0) is 14.8. The molecule has 0 aliphatic carbocycles. The quantitative estimate of drug-likeness (QED) is 0.617. The lowest BCUT2D eigenvalue weighted by atomic mass is 10.3. The zero-order valence-electron chi connectivity index (χ0n) is 11.6. The summed E-state index contributed by atoms with van der Waals surface area (Å²) in [7, 11) is 0. The fourth-order valence-corrected chi connectivity index (χ4v) is 1.62. The van der Waals surface area contributed by atoms with Crippen LogP contribution in [0.4, 0.5) is 11.4 Å². The molecule has 106 valence electrons. The normalized spacial score (nSPS) is 9.14. The van der Waals surface area contributed by atoms with E-state index in [1.165, 1.54) is 0 Å². The number of nitrogens with one attached hydrogen (secondary N) is 2. The molecule has 0 saturated heterocycles. The average molecular weight is 278 g/mol. The Morgan fingerprint density at radius 2 is 0.810 bits per heavy atom. The summed E-state index contributed by atoms with van der Waals surface area (Å²) in [5, 5.41) is 8.63. The Kier molecular flexibility index (Phi) is 5.70. The summed E-state index contributed by atoms with van der Waals surface area (Å²) in [4.78, 5) is 0. The lowest BCUT2D eigenvalue weighted by molar-refractivity contribution is 0.475. The van der Waals surface area contributed by atoms with Gasteiger partial charge in [0.15, 0.2) is 0 Å². The summed E-state index contributed by atoms with van der Waals surface area (Å²) >= 11 is 0. The number of benzene rings is 3. The van der Waals surface area contributed by atoms with Gasteiger partial charge in [0.25, 0.3) is 0 Å². The maximum absolute atomic E-state index is 8.63. The number of para-hydroxylation sites is 3. The van der Waals surface area contributed by atoms with Gasteiger partial charge < -0.3 is 16.0 Å². The fourth-order valence-electron chi connectivity index (χ4n) is 1.62. The van der Waals surface area contributed by atoms with Crippen LogP contribution in [0.5, 0.6) is 5.75 Å². The molecule has 3 aromatic rings. The van der Waals surface area contributed by atoms with Crippen LogP contribution in [0.15, 0.2) is 91.0 Å². The molecule has 0 spiro atoms. The summed E-state index contributed by atoms with van der Waals surface area (Å²) in [5.74, 6) is 0.322. The maximum Gasteiger partial charge on any atom is 0.115 e. The van der Waals surface area contributed by atoms with Gasteiger partial charge in [0, 0.05) is 0 Å². The second kappa shape index (κ2) is 8.27. The van der Waals surface area contributed by atoms with E-state index in [0.717, 1.165) is 11.4 Å². The van der Waals surface area contributed by atoms with Crippen molar-refractivity contribution in [2.45, 2.75) is 0 Å². The van der Waals surface area contributed by atoms with Crippen molar-refractivity contribution in [2.24, 2.45) is 0 Å². The molecule has 0 radical (unpaired) electrons. The van der Waals surface area contributed by atoms with Crippen LogP contribution in [0, 0.1) is 0 Å². The Morgan fingerprint density at radius 3 is 1.10 bits per heavy atom.